The predicted octanol–water partition coefficient (Wildman–Crippen LogP) is 1.28. The van der Waals surface area contributed by atoms with Gasteiger partial charge in [-0.2, -0.15) is 11.3 Å². The van der Waals surface area contributed by atoms with Crippen molar-refractivity contribution < 1.29 is 19.1 Å². The van der Waals surface area contributed by atoms with Gasteiger partial charge in [-0.05, 0) is 18.4 Å². The lowest BCUT2D eigenvalue weighted by Crippen LogP contribution is -2.33. The van der Waals surface area contributed by atoms with Crippen molar-refractivity contribution in [1.82, 2.24) is 10.2 Å². The Hall–Kier alpha value is -1.89. The molecule has 0 unspecified atom stereocenters. The summed E-state index contributed by atoms with van der Waals surface area (Å²) >= 11 is 1.45. The van der Waals surface area contributed by atoms with Gasteiger partial charge in [0.2, 0.25) is 5.91 Å². The summed E-state index contributed by atoms with van der Waals surface area (Å²) in [6, 6.07) is 1.73. The monoisotopic (exact) mass is 312 g/mol. The van der Waals surface area contributed by atoms with Crippen LogP contribution in [0.4, 0.5) is 0 Å². The van der Waals surface area contributed by atoms with Crippen LogP contribution in [-0.4, -0.2) is 49.4 Å². The summed E-state index contributed by atoms with van der Waals surface area (Å²) in [5, 5.41) is 6.26. The van der Waals surface area contributed by atoms with Gasteiger partial charge in [0, 0.05) is 37.5 Å². The molecule has 0 bridgehead atoms. The van der Waals surface area contributed by atoms with Crippen LogP contribution in [0.1, 0.15) is 30.1 Å². The number of amides is 2. The van der Waals surface area contributed by atoms with E-state index < -0.39 is 0 Å². The van der Waals surface area contributed by atoms with Crippen LogP contribution in [0, 0.1) is 0 Å². The number of ether oxygens (including phenoxy) is 1. The van der Waals surface area contributed by atoms with Crippen LogP contribution in [0.25, 0.3) is 0 Å². The number of carbonyl (C=O) groups is 3. The average Bonchev–Trinajstić information content (AvgIpc) is 2.99. The number of hydrogen-bond acceptors (Lipinski definition) is 5. The summed E-state index contributed by atoms with van der Waals surface area (Å²) in [7, 11) is 1.63. The Balaban J connectivity index is 2.20. The molecule has 0 aromatic carbocycles. The Kier molecular flexibility index (Phi) is 7.45. The molecular formula is C14H20N2O4S. The van der Waals surface area contributed by atoms with Crippen LogP contribution >= 0.6 is 11.3 Å². The molecule has 1 N–H and O–H groups in total. The molecule has 116 valence electrons. The number of esters is 1. The molecule has 1 aromatic rings. The smallest absolute Gasteiger partial charge is 0.307 e. The molecule has 0 radical (unpaired) electrons. The van der Waals surface area contributed by atoms with Gasteiger partial charge in [0.15, 0.2) is 0 Å². The van der Waals surface area contributed by atoms with Crippen molar-refractivity contribution in [2.45, 2.75) is 19.8 Å². The Labute approximate surface area is 128 Å². The Morgan fingerprint density at radius 3 is 2.71 bits per heavy atom. The van der Waals surface area contributed by atoms with Gasteiger partial charge in [0.25, 0.3) is 5.91 Å². The highest BCUT2D eigenvalue weighted by atomic mass is 32.1. The van der Waals surface area contributed by atoms with E-state index in [0.717, 1.165) is 0 Å². The van der Waals surface area contributed by atoms with Gasteiger partial charge in [-0.25, -0.2) is 0 Å². The zero-order valence-corrected chi connectivity index (χ0v) is 13.1. The first-order chi connectivity index (χ1) is 10.0. The molecule has 1 heterocycles. The largest absolute Gasteiger partial charge is 0.466 e. The maximum atomic E-state index is 11.8. The standard InChI is InChI=1S/C14H20N2O4S/c1-3-20-13(18)5-8-16(2)12(17)4-7-15-14(19)11-6-9-21-10-11/h6,9-10H,3-5,7-8H2,1-2H3,(H,15,19). The summed E-state index contributed by atoms with van der Waals surface area (Å²) < 4.78 is 4.79. The lowest BCUT2D eigenvalue weighted by Gasteiger charge is -2.16. The molecule has 0 aliphatic heterocycles. The normalized spacial score (nSPS) is 10.0. The second-order valence-electron chi connectivity index (χ2n) is 4.39. The summed E-state index contributed by atoms with van der Waals surface area (Å²) in [5.74, 6) is -0.619. The third-order valence-electron chi connectivity index (χ3n) is 2.79. The lowest BCUT2D eigenvalue weighted by atomic mass is 10.3. The molecule has 0 fully saturated rings. The Bertz CT molecular complexity index is 473. The first kappa shape index (κ1) is 17.2. The van der Waals surface area contributed by atoms with E-state index in [9.17, 15) is 14.4 Å². The predicted molar refractivity (Wildman–Crippen MR) is 80.2 cm³/mol. The summed E-state index contributed by atoms with van der Waals surface area (Å²) in [6.45, 7) is 2.67. The fourth-order valence-corrected chi connectivity index (χ4v) is 2.22. The third kappa shape index (κ3) is 6.40. The maximum Gasteiger partial charge on any atom is 0.307 e. The summed E-state index contributed by atoms with van der Waals surface area (Å²) in [4.78, 5) is 36.1. The van der Waals surface area contributed by atoms with Crippen molar-refractivity contribution in [1.29, 1.82) is 0 Å². The third-order valence-corrected chi connectivity index (χ3v) is 3.47. The number of hydrogen-bond donors (Lipinski definition) is 1. The minimum Gasteiger partial charge on any atom is -0.466 e. The van der Waals surface area contributed by atoms with Crippen LogP contribution in [0.5, 0.6) is 0 Å². The van der Waals surface area contributed by atoms with E-state index in [-0.39, 0.29) is 37.2 Å². The van der Waals surface area contributed by atoms with Crippen LogP contribution in [0.2, 0.25) is 0 Å². The van der Waals surface area contributed by atoms with Crippen molar-refractivity contribution in [3.8, 4) is 0 Å². The first-order valence-corrected chi connectivity index (χ1v) is 7.68. The molecule has 2 amide bonds. The first-order valence-electron chi connectivity index (χ1n) is 6.74. The lowest BCUT2D eigenvalue weighted by molar-refractivity contribution is -0.143. The number of nitrogens with one attached hydrogen (secondary N) is 1. The van der Waals surface area contributed by atoms with Gasteiger partial charge in [0.05, 0.1) is 13.0 Å². The van der Waals surface area contributed by atoms with Gasteiger partial charge in [0.1, 0.15) is 0 Å². The molecule has 0 saturated heterocycles. The molecule has 21 heavy (non-hydrogen) atoms. The van der Waals surface area contributed by atoms with E-state index >= 15 is 0 Å². The second-order valence-corrected chi connectivity index (χ2v) is 5.17. The number of thiophene rings is 1. The highest BCUT2D eigenvalue weighted by molar-refractivity contribution is 7.08. The van der Waals surface area contributed by atoms with E-state index in [1.807, 2.05) is 5.38 Å². The molecule has 0 spiro atoms. The van der Waals surface area contributed by atoms with Crippen molar-refractivity contribution in [2.75, 3.05) is 26.7 Å². The highest BCUT2D eigenvalue weighted by Crippen LogP contribution is 2.05. The van der Waals surface area contributed by atoms with Gasteiger partial charge in [-0.15, -0.1) is 0 Å². The van der Waals surface area contributed by atoms with Gasteiger partial charge in [-0.3, -0.25) is 14.4 Å². The van der Waals surface area contributed by atoms with Crippen LogP contribution < -0.4 is 5.32 Å². The summed E-state index contributed by atoms with van der Waals surface area (Å²) in [5.41, 5.74) is 0.600. The molecule has 0 aliphatic carbocycles. The van der Waals surface area contributed by atoms with E-state index in [2.05, 4.69) is 5.32 Å². The van der Waals surface area contributed by atoms with E-state index in [1.165, 1.54) is 16.2 Å². The maximum absolute atomic E-state index is 11.8. The quantitative estimate of drug-likeness (QED) is 0.734. The molecule has 1 aromatic heterocycles. The van der Waals surface area contributed by atoms with Crippen molar-refractivity contribution in [3.63, 3.8) is 0 Å². The fraction of sp³-hybridized carbons (Fsp3) is 0.500. The topological polar surface area (TPSA) is 75.7 Å². The number of rotatable bonds is 8. The zero-order valence-electron chi connectivity index (χ0n) is 12.3. The van der Waals surface area contributed by atoms with E-state index in [1.54, 1.807) is 25.4 Å². The molecular weight excluding hydrogens is 292 g/mol. The van der Waals surface area contributed by atoms with Crippen LogP contribution in [-0.2, 0) is 14.3 Å². The van der Waals surface area contributed by atoms with Gasteiger partial charge in [-0.1, -0.05) is 0 Å². The number of carbonyl (C=O) groups excluding carboxylic acids is 3. The fourth-order valence-electron chi connectivity index (χ4n) is 1.59. The minimum absolute atomic E-state index is 0.120. The van der Waals surface area contributed by atoms with Crippen molar-refractivity contribution in [2.24, 2.45) is 0 Å². The van der Waals surface area contributed by atoms with E-state index in [0.29, 0.717) is 18.7 Å². The van der Waals surface area contributed by atoms with Gasteiger partial charge >= 0.3 is 5.97 Å². The van der Waals surface area contributed by atoms with Gasteiger partial charge < -0.3 is 15.0 Å². The molecule has 0 atom stereocenters. The van der Waals surface area contributed by atoms with Crippen molar-refractivity contribution >= 4 is 29.1 Å². The molecule has 6 nitrogen and oxygen atoms in total. The van der Waals surface area contributed by atoms with E-state index in [4.69, 9.17) is 4.74 Å². The second kappa shape index (κ2) is 9.12. The molecule has 1 rings (SSSR count). The SMILES string of the molecule is CCOC(=O)CCN(C)C(=O)CCNC(=O)c1ccsc1. The molecule has 0 aliphatic rings. The van der Waals surface area contributed by atoms with Crippen LogP contribution in [0.3, 0.4) is 0 Å². The highest BCUT2D eigenvalue weighted by Gasteiger charge is 2.12. The molecule has 0 saturated carbocycles. The zero-order chi connectivity index (χ0) is 15.7. The Morgan fingerprint density at radius 2 is 2.10 bits per heavy atom. The Morgan fingerprint density at radius 1 is 1.33 bits per heavy atom. The van der Waals surface area contributed by atoms with Crippen molar-refractivity contribution in [3.05, 3.63) is 22.4 Å². The molecule has 7 heteroatoms. The number of nitrogens with zero attached hydrogens (tertiary/aromatic N) is 1. The average molecular weight is 312 g/mol. The minimum atomic E-state index is -0.317. The summed E-state index contributed by atoms with van der Waals surface area (Å²) in [6.07, 6.45) is 0.381. The van der Waals surface area contributed by atoms with Crippen LogP contribution in [0.15, 0.2) is 16.8 Å².